The van der Waals surface area contributed by atoms with Crippen LogP contribution < -0.4 is 10.6 Å². The maximum Gasteiger partial charge on any atom is 0.259 e. The van der Waals surface area contributed by atoms with Crippen molar-refractivity contribution < 1.29 is 22.9 Å². The highest BCUT2D eigenvalue weighted by Crippen LogP contribution is 2.28. The minimum atomic E-state index is -0.528. The molecular weight excluding hydrogens is 391 g/mol. The summed E-state index contributed by atoms with van der Waals surface area (Å²) in [5, 5.41) is 9.45. The summed E-state index contributed by atoms with van der Waals surface area (Å²) in [6.45, 7) is 1.63. The van der Waals surface area contributed by atoms with E-state index in [9.17, 15) is 14.0 Å². The van der Waals surface area contributed by atoms with Crippen LogP contribution in [0.1, 0.15) is 21.8 Å². The Hall–Kier alpha value is -4.01. The van der Waals surface area contributed by atoms with E-state index < -0.39 is 11.7 Å². The van der Waals surface area contributed by atoms with Crippen LogP contribution in [-0.2, 0) is 11.3 Å². The Labute approximate surface area is 170 Å². The fraction of sp³-hybridized carbons (Fsp3) is 0.143. The molecule has 2 amide bonds. The molecule has 0 atom stereocenters. The Kier molecular flexibility index (Phi) is 5.25. The van der Waals surface area contributed by atoms with Crippen LogP contribution in [0.15, 0.2) is 57.7 Å². The first-order chi connectivity index (χ1) is 14.5. The maximum atomic E-state index is 14.2. The monoisotopic (exact) mass is 408 g/mol. The van der Waals surface area contributed by atoms with Gasteiger partial charge in [-0.2, -0.15) is 0 Å². The van der Waals surface area contributed by atoms with Crippen molar-refractivity contribution in [3.8, 4) is 11.3 Å². The number of halogens is 1. The van der Waals surface area contributed by atoms with E-state index >= 15 is 0 Å². The third-order valence-electron chi connectivity index (χ3n) is 4.46. The van der Waals surface area contributed by atoms with Gasteiger partial charge in [0.2, 0.25) is 5.91 Å². The Bertz CT molecular complexity index is 1220. The summed E-state index contributed by atoms with van der Waals surface area (Å²) in [5.41, 5.74) is 1.21. The van der Waals surface area contributed by atoms with Crippen LogP contribution in [0.2, 0.25) is 0 Å². The molecule has 0 saturated heterocycles. The second-order valence-electron chi connectivity index (χ2n) is 6.52. The molecule has 0 spiro atoms. The largest absolute Gasteiger partial charge is 0.467 e. The molecule has 0 radical (unpaired) electrons. The maximum absolute atomic E-state index is 14.2. The smallest absolute Gasteiger partial charge is 0.259 e. The predicted molar refractivity (Wildman–Crippen MR) is 105 cm³/mol. The molecule has 0 aliphatic carbocycles. The van der Waals surface area contributed by atoms with Gasteiger partial charge >= 0.3 is 0 Å². The Morgan fingerprint density at radius 1 is 1.13 bits per heavy atom. The molecule has 4 aromatic rings. The van der Waals surface area contributed by atoms with Crippen LogP contribution >= 0.6 is 0 Å². The van der Waals surface area contributed by atoms with Gasteiger partial charge < -0.3 is 19.6 Å². The molecule has 0 unspecified atom stereocenters. The van der Waals surface area contributed by atoms with Crippen molar-refractivity contribution in [3.05, 3.63) is 71.6 Å². The van der Waals surface area contributed by atoms with E-state index in [-0.39, 0.29) is 41.5 Å². The van der Waals surface area contributed by atoms with Crippen molar-refractivity contribution in [1.82, 2.24) is 20.8 Å². The lowest BCUT2D eigenvalue weighted by Gasteiger charge is -2.09. The number of rotatable bonds is 6. The highest BCUT2D eigenvalue weighted by atomic mass is 19.1. The first-order valence-electron chi connectivity index (χ1n) is 9.12. The summed E-state index contributed by atoms with van der Waals surface area (Å²) in [6.07, 6.45) is 1.51. The molecule has 3 aromatic heterocycles. The molecule has 8 nitrogen and oxygen atoms in total. The van der Waals surface area contributed by atoms with Gasteiger partial charge in [-0.3, -0.25) is 9.59 Å². The van der Waals surface area contributed by atoms with Crippen molar-refractivity contribution >= 4 is 22.9 Å². The van der Waals surface area contributed by atoms with E-state index in [0.717, 1.165) is 0 Å². The summed E-state index contributed by atoms with van der Waals surface area (Å²) < 4.78 is 24.6. The van der Waals surface area contributed by atoms with Crippen LogP contribution in [0.4, 0.5) is 4.39 Å². The van der Waals surface area contributed by atoms with Gasteiger partial charge in [-0.15, -0.1) is 0 Å². The molecule has 0 aliphatic rings. The SMILES string of the molecule is Cc1noc2nc(-c3ccccc3F)cc(C(=O)NCC(=O)NCc3ccco3)c12. The van der Waals surface area contributed by atoms with Crippen molar-refractivity contribution in [2.24, 2.45) is 0 Å². The first kappa shape index (κ1) is 19.3. The van der Waals surface area contributed by atoms with Crippen LogP contribution in [0, 0.1) is 12.7 Å². The fourth-order valence-electron chi connectivity index (χ4n) is 3.00. The van der Waals surface area contributed by atoms with Gasteiger partial charge in [0.05, 0.1) is 41.7 Å². The van der Waals surface area contributed by atoms with E-state index in [1.54, 1.807) is 37.3 Å². The van der Waals surface area contributed by atoms with Crippen molar-refractivity contribution in [2.75, 3.05) is 6.54 Å². The van der Waals surface area contributed by atoms with Crippen molar-refractivity contribution in [1.29, 1.82) is 0 Å². The van der Waals surface area contributed by atoms with Gasteiger partial charge in [0.1, 0.15) is 11.6 Å². The summed E-state index contributed by atoms with van der Waals surface area (Å²) in [6, 6.07) is 11.0. The number of aryl methyl sites for hydroxylation is 1. The standard InChI is InChI=1S/C21H17FN4O4/c1-12-19-15(20(28)24-11-18(27)23-10-13-5-4-8-29-13)9-17(25-21(19)30-26-12)14-6-2-3-7-16(14)22/h2-9H,10-11H2,1H3,(H,23,27)(H,24,28). The molecule has 4 rings (SSSR count). The molecule has 0 aliphatic heterocycles. The molecule has 0 fully saturated rings. The van der Waals surface area contributed by atoms with Gasteiger partial charge in [0, 0.05) is 5.56 Å². The second-order valence-corrected chi connectivity index (χ2v) is 6.52. The minimum absolute atomic E-state index is 0.112. The highest BCUT2D eigenvalue weighted by molar-refractivity contribution is 6.07. The van der Waals surface area contributed by atoms with E-state index in [4.69, 9.17) is 8.94 Å². The number of pyridine rings is 1. The van der Waals surface area contributed by atoms with E-state index in [2.05, 4.69) is 20.8 Å². The molecule has 2 N–H and O–H groups in total. The average Bonchev–Trinajstić information content (AvgIpc) is 3.40. The molecule has 0 bridgehead atoms. The average molecular weight is 408 g/mol. The number of hydrogen-bond donors (Lipinski definition) is 2. The molecule has 1 aromatic carbocycles. The number of fused-ring (bicyclic) bond motifs is 1. The lowest BCUT2D eigenvalue weighted by atomic mass is 10.0. The van der Waals surface area contributed by atoms with E-state index in [1.807, 2.05) is 0 Å². The number of benzene rings is 1. The third kappa shape index (κ3) is 3.90. The van der Waals surface area contributed by atoms with Crippen LogP contribution in [-0.4, -0.2) is 28.5 Å². The number of nitrogens with one attached hydrogen (secondary N) is 2. The number of hydrogen-bond acceptors (Lipinski definition) is 6. The number of carbonyl (C=O) groups excluding carboxylic acids is 2. The molecule has 3 heterocycles. The lowest BCUT2D eigenvalue weighted by molar-refractivity contribution is -0.120. The predicted octanol–water partition coefficient (Wildman–Crippen LogP) is 2.98. The van der Waals surface area contributed by atoms with Gasteiger partial charge in [-0.1, -0.05) is 17.3 Å². The Balaban J connectivity index is 1.56. The summed E-state index contributed by atoms with van der Waals surface area (Å²) in [4.78, 5) is 29.1. The fourth-order valence-corrected chi connectivity index (χ4v) is 3.00. The Morgan fingerprint density at radius 2 is 1.97 bits per heavy atom. The number of amides is 2. The van der Waals surface area contributed by atoms with E-state index in [0.29, 0.717) is 16.8 Å². The Morgan fingerprint density at radius 3 is 2.73 bits per heavy atom. The van der Waals surface area contributed by atoms with Gasteiger partial charge in [-0.05, 0) is 37.3 Å². The zero-order chi connectivity index (χ0) is 21.1. The number of nitrogens with zero attached hydrogens (tertiary/aromatic N) is 2. The lowest BCUT2D eigenvalue weighted by Crippen LogP contribution is -2.36. The normalized spacial score (nSPS) is 10.9. The van der Waals surface area contributed by atoms with Crippen molar-refractivity contribution in [3.63, 3.8) is 0 Å². The zero-order valence-corrected chi connectivity index (χ0v) is 15.9. The molecule has 30 heavy (non-hydrogen) atoms. The number of furan rings is 1. The highest BCUT2D eigenvalue weighted by Gasteiger charge is 2.20. The molecular formula is C21H17FN4O4. The first-order valence-corrected chi connectivity index (χ1v) is 9.12. The van der Waals surface area contributed by atoms with Gasteiger partial charge in [0.25, 0.3) is 11.6 Å². The topological polar surface area (TPSA) is 110 Å². The van der Waals surface area contributed by atoms with Crippen LogP contribution in [0.5, 0.6) is 0 Å². The summed E-state index contributed by atoms with van der Waals surface area (Å²) in [7, 11) is 0. The molecule has 152 valence electrons. The van der Waals surface area contributed by atoms with Crippen molar-refractivity contribution in [2.45, 2.75) is 13.5 Å². The van der Waals surface area contributed by atoms with Gasteiger partial charge in [0.15, 0.2) is 0 Å². The molecule has 9 heteroatoms. The summed E-state index contributed by atoms with van der Waals surface area (Å²) >= 11 is 0. The number of aromatic nitrogens is 2. The quantitative estimate of drug-likeness (QED) is 0.508. The third-order valence-corrected chi connectivity index (χ3v) is 4.46. The van der Waals surface area contributed by atoms with Crippen LogP contribution in [0.25, 0.3) is 22.4 Å². The minimum Gasteiger partial charge on any atom is -0.467 e. The molecule has 0 saturated carbocycles. The number of carbonyl (C=O) groups is 2. The zero-order valence-electron chi connectivity index (χ0n) is 15.9. The summed E-state index contributed by atoms with van der Waals surface area (Å²) in [5.74, 6) is -0.801. The van der Waals surface area contributed by atoms with Crippen LogP contribution in [0.3, 0.4) is 0 Å². The second kappa shape index (κ2) is 8.16. The van der Waals surface area contributed by atoms with E-state index in [1.165, 1.54) is 18.4 Å². The van der Waals surface area contributed by atoms with Gasteiger partial charge in [-0.25, -0.2) is 9.37 Å².